The molecule has 4 rings (SSSR count). The van der Waals surface area contributed by atoms with E-state index in [2.05, 4.69) is 39.9 Å². The number of likely N-dealkylation sites (N-methyl/N-ethyl adjacent to an activating group) is 1. The molecule has 2 aromatic heterocycles. The monoisotopic (exact) mass is 434 g/mol. The van der Waals surface area contributed by atoms with Gasteiger partial charge in [0.2, 0.25) is 0 Å². The van der Waals surface area contributed by atoms with Crippen molar-refractivity contribution in [1.29, 1.82) is 0 Å². The molecule has 1 aliphatic rings. The topological polar surface area (TPSA) is 56.3 Å². The van der Waals surface area contributed by atoms with Gasteiger partial charge in [0.1, 0.15) is 11.6 Å². The summed E-state index contributed by atoms with van der Waals surface area (Å²) < 4.78 is 15.5. The summed E-state index contributed by atoms with van der Waals surface area (Å²) in [6, 6.07) is 8.07. The lowest BCUT2D eigenvalue weighted by atomic mass is 10.0. The third kappa shape index (κ3) is 4.45. The van der Waals surface area contributed by atoms with Crippen LogP contribution in [0.15, 0.2) is 42.9 Å². The van der Waals surface area contributed by atoms with Gasteiger partial charge in [-0.2, -0.15) is 0 Å². The molecule has 3 heterocycles. The number of nitrogens with one attached hydrogen (secondary N) is 2. The molecule has 0 bridgehead atoms. The zero-order chi connectivity index (χ0) is 22.7. The highest BCUT2D eigenvalue weighted by Gasteiger charge is 2.19. The number of benzene rings is 1. The lowest BCUT2D eigenvalue weighted by Crippen LogP contribution is -2.28. The summed E-state index contributed by atoms with van der Waals surface area (Å²) in [6.45, 7) is 6.17. The molecule has 32 heavy (non-hydrogen) atoms. The first-order valence-electron chi connectivity index (χ1n) is 11.2. The molecule has 1 aromatic carbocycles. The number of rotatable bonds is 8. The standard InChI is InChI=1S/C25H31FN6/c1-5-17-9-18(6-2)25(26)23(10-17)32(8-7-27-3)24-12-19-11-20(13-28-22(19)15-29-24)21-14-30-31(4)16-21/h9-13,15-16,27,30H,5-8,14H2,1-4H3. The van der Waals surface area contributed by atoms with Crippen molar-refractivity contribution in [1.82, 2.24) is 25.7 Å². The third-order valence-corrected chi connectivity index (χ3v) is 5.92. The number of pyridine rings is 2. The number of anilines is 2. The zero-order valence-corrected chi connectivity index (χ0v) is 19.2. The van der Waals surface area contributed by atoms with E-state index in [1.165, 1.54) is 5.57 Å². The molecule has 0 radical (unpaired) electrons. The maximum atomic E-state index is 15.5. The Labute approximate surface area is 189 Å². The smallest absolute Gasteiger partial charge is 0.150 e. The molecule has 0 amide bonds. The van der Waals surface area contributed by atoms with Crippen molar-refractivity contribution in [3.05, 3.63) is 65.4 Å². The highest BCUT2D eigenvalue weighted by Crippen LogP contribution is 2.32. The van der Waals surface area contributed by atoms with Gasteiger partial charge < -0.3 is 15.2 Å². The average Bonchev–Trinajstić information content (AvgIpc) is 3.26. The Morgan fingerprint density at radius 2 is 1.97 bits per heavy atom. The Bertz CT molecular complexity index is 1140. The number of hydrazine groups is 1. The Kier molecular flexibility index (Phi) is 6.67. The van der Waals surface area contributed by atoms with Crippen molar-refractivity contribution >= 4 is 28.0 Å². The van der Waals surface area contributed by atoms with Crippen molar-refractivity contribution in [3.8, 4) is 0 Å². The summed E-state index contributed by atoms with van der Waals surface area (Å²) in [5.74, 6) is 0.552. The molecule has 0 spiro atoms. The average molecular weight is 435 g/mol. The lowest BCUT2D eigenvalue weighted by Gasteiger charge is -2.26. The number of nitrogens with zero attached hydrogens (tertiary/aromatic N) is 4. The molecule has 0 saturated carbocycles. The van der Waals surface area contributed by atoms with Gasteiger partial charge in [0.25, 0.3) is 0 Å². The summed E-state index contributed by atoms with van der Waals surface area (Å²) in [5.41, 5.74) is 8.78. The lowest BCUT2D eigenvalue weighted by molar-refractivity contribution is 0.374. The Balaban J connectivity index is 1.80. The first-order chi connectivity index (χ1) is 15.5. The van der Waals surface area contributed by atoms with E-state index in [-0.39, 0.29) is 5.82 Å². The molecular weight excluding hydrogens is 403 g/mol. The zero-order valence-electron chi connectivity index (χ0n) is 19.2. The van der Waals surface area contributed by atoms with Crippen LogP contribution in [-0.4, -0.2) is 48.7 Å². The van der Waals surface area contributed by atoms with E-state index in [1.54, 1.807) is 6.20 Å². The van der Waals surface area contributed by atoms with Crippen molar-refractivity contribution in [3.63, 3.8) is 0 Å². The van der Waals surface area contributed by atoms with Crippen LogP contribution in [0.2, 0.25) is 0 Å². The minimum Gasteiger partial charge on any atom is -0.323 e. The second-order valence-corrected chi connectivity index (χ2v) is 8.11. The summed E-state index contributed by atoms with van der Waals surface area (Å²) in [6.07, 6.45) is 7.24. The molecule has 3 aromatic rings. The fraction of sp³-hybridized carbons (Fsp3) is 0.360. The number of hydrogen-bond acceptors (Lipinski definition) is 6. The van der Waals surface area contributed by atoms with E-state index in [1.807, 2.05) is 55.3 Å². The van der Waals surface area contributed by atoms with Crippen molar-refractivity contribution in [2.75, 3.05) is 38.6 Å². The maximum absolute atomic E-state index is 15.5. The van der Waals surface area contributed by atoms with Crippen molar-refractivity contribution < 1.29 is 4.39 Å². The SMILES string of the molecule is CCc1cc(CC)c(F)c(N(CCNC)c2cc3cc(C4=CN(C)NC4)cnc3cn2)c1. The molecule has 0 saturated heterocycles. The summed E-state index contributed by atoms with van der Waals surface area (Å²) >= 11 is 0. The van der Waals surface area contributed by atoms with Crippen LogP contribution in [0.3, 0.4) is 0 Å². The second kappa shape index (κ2) is 9.63. The molecule has 0 unspecified atom stereocenters. The molecule has 0 fully saturated rings. The fourth-order valence-corrected chi connectivity index (χ4v) is 4.03. The van der Waals surface area contributed by atoms with Gasteiger partial charge in [-0.05, 0) is 60.4 Å². The second-order valence-electron chi connectivity index (χ2n) is 8.11. The molecule has 1 aliphatic heterocycles. The van der Waals surface area contributed by atoms with Gasteiger partial charge in [-0.3, -0.25) is 4.98 Å². The largest absolute Gasteiger partial charge is 0.323 e. The van der Waals surface area contributed by atoms with Gasteiger partial charge in [-0.1, -0.05) is 19.9 Å². The number of halogens is 1. The highest BCUT2D eigenvalue weighted by molar-refractivity contribution is 5.85. The molecular formula is C25H31FN6. The van der Waals surface area contributed by atoms with E-state index in [0.717, 1.165) is 46.4 Å². The quantitative estimate of drug-likeness (QED) is 0.558. The Hall–Kier alpha value is -3.03. The van der Waals surface area contributed by atoms with Crippen LogP contribution in [-0.2, 0) is 12.8 Å². The van der Waals surface area contributed by atoms with Crippen LogP contribution in [0.4, 0.5) is 15.9 Å². The van der Waals surface area contributed by atoms with E-state index in [4.69, 9.17) is 0 Å². The normalized spacial score (nSPS) is 13.7. The van der Waals surface area contributed by atoms with Crippen LogP contribution in [0.1, 0.15) is 30.5 Å². The summed E-state index contributed by atoms with van der Waals surface area (Å²) in [7, 11) is 3.88. The number of fused-ring (bicyclic) bond motifs is 1. The molecule has 2 N–H and O–H groups in total. The van der Waals surface area contributed by atoms with Gasteiger partial charge >= 0.3 is 0 Å². The molecule has 0 atom stereocenters. The first kappa shape index (κ1) is 22.2. The summed E-state index contributed by atoms with van der Waals surface area (Å²) in [4.78, 5) is 11.2. The molecule has 0 aliphatic carbocycles. The van der Waals surface area contributed by atoms with Crippen LogP contribution in [0, 0.1) is 5.82 Å². The highest BCUT2D eigenvalue weighted by atomic mass is 19.1. The van der Waals surface area contributed by atoms with E-state index >= 15 is 4.39 Å². The Morgan fingerprint density at radius 3 is 2.66 bits per heavy atom. The van der Waals surface area contributed by atoms with Crippen LogP contribution < -0.4 is 15.6 Å². The van der Waals surface area contributed by atoms with Gasteiger partial charge in [0.15, 0.2) is 0 Å². The minimum atomic E-state index is -0.167. The first-order valence-corrected chi connectivity index (χ1v) is 11.2. The Morgan fingerprint density at radius 1 is 1.12 bits per heavy atom. The van der Waals surface area contributed by atoms with Crippen molar-refractivity contribution in [2.24, 2.45) is 0 Å². The van der Waals surface area contributed by atoms with Crippen molar-refractivity contribution in [2.45, 2.75) is 26.7 Å². The van der Waals surface area contributed by atoms with Gasteiger partial charge in [0.05, 0.1) is 17.4 Å². The van der Waals surface area contributed by atoms with E-state index in [9.17, 15) is 0 Å². The molecule has 6 nitrogen and oxygen atoms in total. The van der Waals surface area contributed by atoms with Gasteiger partial charge in [-0.15, -0.1) is 0 Å². The van der Waals surface area contributed by atoms with Gasteiger partial charge in [-0.25, -0.2) is 14.8 Å². The predicted octanol–water partition coefficient (Wildman–Crippen LogP) is 4.04. The van der Waals surface area contributed by atoms with Crippen LogP contribution in [0.25, 0.3) is 16.5 Å². The van der Waals surface area contributed by atoms with Gasteiger partial charge in [0, 0.05) is 44.5 Å². The number of aromatic nitrogens is 2. The fourth-order valence-electron chi connectivity index (χ4n) is 4.03. The van der Waals surface area contributed by atoms with Crippen LogP contribution >= 0.6 is 0 Å². The van der Waals surface area contributed by atoms with E-state index < -0.39 is 0 Å². The molecule has 168 valence electrons. The third-order valence-electron chi connectivity index (χ3n) is 5.92. The number of aryl methyl sites for hydroxylation is 2. The minimum absolute atomic E-state index is 0.167. The molecule has 7 heteroatoms. The number of hydrogen-bond donors (Lipinski definition) is 2. The predicted molar refractivity (Wildman–Crippen MR) is 129 cm³/mol. The maximum Gasteiger partial charge on any atom is 0.150 e. The summed E-state index contributed by atoms with van der Waals surface area (Å²) in [5, 5.41) is 6.12. The van der Waals surface area contributed by atoms with E-state index in [0.29, 0.717) is 25.2 Å². The van der Waals surface area contributed by atoms with Crippen LogP contribution in [0.5, 0.6) is 0 Å².